The van der Waals surface area contributed by atoms with Crippen LogP contribution in [0.15, 0.2) is 6.07 Å². The Morgan fingerprint density at radius 2 is 2.00 bits per heavy atom. The molecule has 1 aromatic heterocycles. The number of alkyl halides is 5. The number of halogens is 6. The molecule has 0 amide bonds. The summed E-state index contributed by atoms with van der Waals surface area (Å²) in [6.07, 6.45) is -9.17. The summed E-state index contributed by atoms with van der Waals surface area (Å²) in [6, 6.07) is 0.414. The Hall–Kier alpha value is -1.44. The molecule has 1 aromatic rings. The van der Waals surface area contributed by atoms with E-state index in [1.165, 1.54) is 0 Å². The fourth-order valence-corrected chi connectivity index (χ4v) is 1.47. The molecule has 0 aliphatic rings. The topological polar surface area (TPSA) is 50.2 Å². The minimum Gasteiger partial charge on any atom is -0.481 e. The number of aliphatic carboxylic acids is 1. The highest BCUT2D eigenvalue weighted by molar-refractivity contribution is 6.30. The van der Waals surface area contributed by atoms with Gasteiger partial charge < -0.3 is 5.11 Å². The van der Waals surface area contributed by atoms with E-state index < -0.39 is 47.0 Å². The largest absolute Gasteiger partial charge is 0.481 e. The van der Waals surface area contributed by atoms with Gasteiger partial charge in [0.2, 0.25) is 0 Å². The summed E-state index contributed by atoms with van der Waals surface area (Å²) in [6.45, 7) is 0. The van der Waals surface area contributed by atoms with Crippen LogP contribution < -0.4 is 0 Å². The van der Waals surface area contributed by atoms with Gasteiger partial charge in [-0.15, -0.1) is 0 Å². The third kappa shape index (κ3) is 3.28. The number of hydrogen-bond acceptors (Lipinski definition) is 2. The van der Waals surface area contributed by atoms with Crippen molar-refractivity contribution in [3.63, 3.8) is 0 Å². The normalized spacial score (nSPS) is 11.9. The molecule has 0 aliphatic heterocycles. The van der Waals surface area contributed by atoms with Crippen molar-refractivity contribution in [3.8, 4) is 0 Å². The Morgan fingerprint density at radius 3 is 2.39 bits per heavy atom. The maximum absolute atomic E-state index is 12.5. The average molecular weight is 290 g/mol. The standard InChI is InChI=1S/C9H5ClF5NO2/c10-7-4(8(11)12)1-3(2-5(17)18)6(16-7)9(13,14)15/h1,8H,2H2,(H,17,18). The van der Waals surface area contributed by atoms with Gasteiger partial charge in [-0.3, -0.25) is 4.79 Å². The Balaban J connectivity index is 3.42. The van der Waals surface area contributed by atoms with Gasteiger partial charge in [-0.1, -0.05) is 11.6 Å². The second-order valence-corrected chi connectivity index (χ2v) is 3.60. The zero-order valence-corrected chi connectivity index (χ0v) is 9.19. The molecule has 9 heteroatoms. The number of carbonyl (C=O) groups is 1. The van der Waals surface area contributed by atoms with Crippen LogP contribution in [-0.2, 0) is 17.4 Å². The van der Waals surface area contributed by atoms with Crippen LogP contribution in [0.1, 0.15) is 23.2 Å². The molecule has 1 N–H and O–H groups in total. The van der Waals surface area contributed by atoms with Gasteiger partial charge in [-0.05, 0) is 11.6 Å². The molecule has 1 heterocycles. The molecular weight excluding hydrogens is 285 g/mol. The molecule has 0 saturated heterocycles. The molecule has 0 atom stereocenters. The molecule has 0 fully saturated rings. The molecule has 3 nitrogen and oxygen atoms in total. The maximum atomic E-state index is 12.5. The van der Waals surface area contributed by atoms with Crippen LogP contribution >= 0.6 is 11.6 Å². The SMILES string of the molecule is O=C(O)Cc1cc(C(F)F)c(Cl)nc1C(F)(F)F. The van der Waals surface area contributed by atoms with Gasteiger partial charge in [0.1, 0.15) is 10.8 Å². The second kappa shape index (κ2) is 5.05. The average Bonchev–Trinajstić information content (AvgIpc) is 2.17. The van der Waals surface area contributed by atoms with Gasteiger partial charge in [-0.25, -0.2) is 13.8 Å². The van der Waals surface area contributed by atoms with Gasteiger partial charge in [0.15, 0.2) is 0 Å². The summed E-state index contributed by atoms with van der Waals surface area (Å²) >= 11 is 5.20. The summed E-state index contributed by atoms with van der Waals surface area (Å²) in [5, 5.41) is 7.45. The van der Waals surface area contributed by atoms with Gasteiger partial charge in [-0.2, -0.15) is 13.2 Å². The Morgan fingerprint density at radius 1 is 1.44 bits per heavy atom. The number of nitrogens with zero attached hydrogens (tertiary/aromatic N) is 1. The number of carboxylic acid groups (broad SMARTS) is 1. The lowest BCUT2D eigenvalue weighted by atomic mass is 10.1. The molecule has 0 aliphatic carbocycles. The van der Waals surface area contributed by atoms with Crippen molar-refractivity contribution in [2.24, 2.45) is 0 Å². The highest BCUT2D eigenvalue weighted by Gasteiger charge is 2.37. The molecule has 0 saturated carbocycles. The van der Waals surface area contributed by atoms with E-state index in [9.17, 15) is 26.7 Å². The monoisotopic (exact) mass is 289 g/mol. The van der Waals surface area contributed by atoms with Crippen molar-refractivity contribution >= 4 is 17.6 Å². The fraction of sp³-hybridized carbons (Fsp3) is 0.333. The first-order chi connectivity index (χ1) is 8.12. The second-order valence-electron chi connectivity index (χ2n) is 3.25. The van der Waals surface area contributed by atoms with E-state index in [0.717, 1.165) is 0 Å². The first kappa shape index (κ1) is 14.6. The first-order valence-corrected chi connectivity index (χ1v) is 4.77. The number of carboxylic acids is 1. The zero-order chi connectivity index (χ0) is 14.1. The van der Waals surface area contributed by atoms with Crippen LogP contribution in [0.5, 0.6) is 0 Å². The molecule has 1 rings (SSSR count). The van der Waals surface area contributed by atoms with Crippen molar-refractivity contribution in [1.29, 1.82) is 0 Å². The summed E-state index contributed by atoms with van der Waals surface area (Å²) in [4.78, 5) is 13.2. The molecule has 100 valence electrons. The molecule has 0 radical (unpaired) electrons. The third-order valence-corrected chi connectivity index (χ3v) is 2.23. The van der Waals surface area contributed by atoms with E-state index in [0.29, 0.717) is 6.07 Å². The van der Waals surface area contributed by atoms with E-state index in [-0.39, 0.29) is 0 Å². The van der Waals surface area contributed by atoms with Crippen LogP contribution in [0.3, 0.4) is 0 Å². The van der Waals surface area contributed by atoms with E-state index in [4.69, 9.17) is 16.7 Å². The summed E-state index contributed by atoms with van der Waals surface area (Å²) < 4.78 is 62.4. The Labute approximate surface area is 102 Å². The highest BCUT2D eigenvalue weighted by atomic mass is 35.5. The summed E-state index contributed by atoms with van der Waals surface area (Å²) in [5.74, 6) is -1.59. The van der Waals surface area contributed by atoms with E-state index >= 15 is 0 Å². The van der Waals surface area contributed by atoms with E-state index in [1.807, 2.05) is 0 Å². The Bertz CT molecular complexity index is 475. The molecule has 0 unspecified atom stereocenters. The van der Waals surface area contributed by atoms with Gasteiger partial charge in [0, 0.05) is 0 Å². The lowest BCUT2D eigenvalue weighted by Crippen LogP contribution is -2.16. The lowest BCUT2D eigenvalue weighted by Gasteiger charge is -2.13. The van der Waals surface area contributed by atoms with Crippen LogP contribution in [0, 0.1) is 0 Å². The minimum absolute atomic E-state index is 0.414. The fourth-order valence-electron chi connectivity index (χ4n) is 1.25. The molecule has 18 heavy (non-hydrogen) atoms. The van der Waals surface area contributed by atoms with Crippen molar-refractivity contribution in [2.45, 2.75) is 19.0 Å². The summed E-state index contributed by atoms with van der Waals surface area (Å²) in [7, 11) is 0. The van der Waals surface area contributed by atoms with Gasteiger partial charge in [0.25, 0.3) is 6.43 Å². The smallest absolute Gasteiger partial charge is 0.433 e. The van der Waals surface area contributed by atoms with E-state index in [1.54, 1.807) is 0 Å². The van der Waals surface area contributed by atoms with Crippen LogP contribution in [0.4, 0.5) is 22.0 Å². The van der Waals surface area contributed by atoms with Crippen LogP contribution in [0.2, 0.25) is 5.15 Å². The van der Waals surface area contributed by atoms with Gasteiger partial charge >= 0.3 is 12.1 Å². The van der Waals surface area contributed by atoms with Crippen molar-refractivity contribution in [1.82, 2.24) is 4.98 Å². The predicted octanol–water partition coefficient (Wildman–Crippen LogP) is 3.32. The van der Waals surface area contributed by atoms with Gasteiger partial charge in [0.05, 0.1) is 12.0 Å². The number of pyridine rings is 1. The van der Waals surface area contributed by atoms with E-state index in [2.05, 4.69) is 4.98 Å². The highest BCUT2D eigenvalue weighted by Crippen LogP contribution is 2.35. The van der Waals surface area contributed by atoms with Crippen molar-refractivity contribution in [2.75, 3.05) is 0 Å². The van der Waals surface area contributed by atoms with Crippen molar-refractivity contribution < 1.29 is 31.9 Å². The van der Waals surface area contributed by atoms with Crippen LogP contribution in [-0.4, -0.2) is 16.1 Å². The minimum atomic E-state index is -4.96. The van der Waals surface area contributed by atoms with Crippen LogP contribution in [0.25, 0.3) is 0 Å². The maximum Gasteiger partial charge on any atom is 0.433 e. The number of rotatable bonds is 3. The zero-order valence-electron chi connectivity index (χ0n) is 8.43. The Kier molecular flexibility index (Phi) is 4.10. The molecule has 0 aromatic carbocycles. The number of aromatic nitrogens is 1. The third-order valence-electron chi connectivity index (χ3n) is 1.93. The quantitative estimate of drug-likeness (QED) is 0.686. The first-order valence-electron chi connectivity index (χ1n) is 4.39. The molecule has 0 spiro atoms. The molecule has 0 bridgehead atoms. The van der Waals surface area contributed by atoms with Crippen molar-refractivity contribution in [3.05, 3.63) is 28.0 Å². The lowest BCUT2D eigenvalue weighted by molar-refractivity contribution is -0.142. The molecular formula is C9H5ClF5NO2. The number of hydrogen-bond donors (Lipinski definition) is 1. The predicted molar refractivity (Wildman–Crippen MR) is 50.5 cm³/mol. The summed E-state index contributed by atoms with van der Waals surface area (Å²) in [5.41, 5.74) is -3.35.